The van der Waals surface area contributed by atoms with Crippen LogP contribution in [0.2, 0.25) is 0 Å². The van der Waals surface area contributed by atoms with E-state index in [2.05, 4.69) is 4.98 Å². The fourth-order valence-electron chi connectivity index (χ4n) is 5.43. The van der Waals surface area contributed by atoms with Crippen LogP contribution in [0.25, 0.3) is 0 Å². The molecule has 1 aliphatic heterocycles. The molecule has 1 aromatic heterocycles. The maximum atomic E-state index is 12.7. The van der Waals surface area contributed by atoms with E-state index < -0.39 is 41.3 Å². The fourth-order valence-corrected chi connectivity index (χ4v) is 5.43. The summed E-state index contributed by atoms with van der Waals surface area (Å²) in [6.07, 6.45) is -0.767. The molecule has 0 radical (unpaired) electrons. The maximum absolute atomic E-state index is 12.7. The zero-order valence-electron chi connectivity index (χ0n) is 24.1. The molecule has 43 heavy (non-hydrogen) atoms. The molecule has 0 bridgehead atoms. The molecule has 9 heteroatoms. The summed E-state index contributed by atoms with van der Waals surface area (Å²) < 4.78 is 20.4. The van der Waals surface area contributed by atoms with E-state index in [1.54, 1.807) is 6.92 Å². The molecule has 222 valence electrons. The number of carbonyl (C=O) groups excluding carboxylic acids is 2. The molecule has 0 aliphatic carbocycles. The minimum absolute atomic E-state index is 0.00305. The van der Waals surface area contributed by atoms with Crippen LogP contribution in [0.15, 0.2) is 107 Å². The van der Waals surface area contributed by atoms with Crippen molar-refractivity contribution in [3.05, 3.63) is 140 Å². The second kappa shape index (κ2) is 13.1. The SMILES string of the molecule is CC(=O)CCC(=O)O[C@@H]1C[C@@H](n2cc(C)c(=O)[nH]c2=O)O[C@H]1COC(c1ccccc1)(c1ccccc1)c1ccccc1. The van der Waals surface area contributed by atoms with Crippen molar-refractivity contribution in [3.63, 3.8) is 0 Å². The summed E-state index contributed by atoms with van der Waals surface area (Å²) in [4.78, 5) is 51.2. The van der Waals surface area contributed by atoms with Gasteiger partial charge in [0.2, 0.25) is 0 Å². The second-order valence-corrected chi connectivity index (χ2v) is 10.7. The van der Waals surface area contributed by atoms with Crippen LogP contribution in [0, 0.1) is 6.92 Å². The van der Waals surface area contributed by atoms with Crippen LogP contribution < -0.4 is 11.2 Å². The van der Waals surface area contributed by atoms with Crippen LogP contribution in [0.3, 0.4) is 0 Å². The zero-order chi connectivity index (χ0) is 30.4. The van der Waals surface area contributed by atoms with Gasteiger partial charge in [-0.2, -0.15) is 0 Å². The number of hydrogen-bond donors (Lipinski definition) is 1. The second-order valence-electron chi connectivity index (χ2n) is 10.7. The average Bonchev–Trinajstić information content (AvgIpc) is 3.41. The van der Waals surface area contributed by atoms with Crippen LogP contribution in [0.1, 0.15) is 54.7 Å². The number of hydrogen-bond acceptors (Lipinski definition) is 7. The molecule has 3 atom stereocenters. The van der Waals surface area contributed by atoms with E-state index in [9.17, 15) is 19.2 Å². The number of nitrogens with one attached hydrogen (secondary N) is 1. The van der Waals surface area contributed by atoms with Gasteiger partial charge in [0.25, 0.3) is 5.56 Å². The molecule has 1 saturated heterocycles. The lowest BCUT2D eigenvalue weighted by atomic mass is 9.80. The van der Waals surface area contributed by atoms with E-state index in [1.807, 2.05) is 91.0 Å². The van der Waals surface area contributed by atoms with Gasteiger partial charge in [0.1, 0.15) is 29.8 Å². The number of aromatic amines is 1. The first-order valence-corrected chi connectivity index (χ1v) is 14.2. The lowest BCUT2D eigenvalue weighted by Gasteiger charge is -2.37. The highest BCUT2D eigenvalue weighted by Gasteiger charge is 2.43. The summed E-state index contributed by atoms with van der Waals surface area (Å²) in [7, 11) is 0. The number of ether oxygens (including phenoxy) is 3. The van der Waals surface area contributed by atoms with Crippen molar-refractivity contribution in [2.45, 2.75) is 57.1 Å². The molecule has 3 aromatic carbocycles. The van der Waals surface area contributed by atoms with E-state index >= 15 is 0 Å². The lowest BCUT2D eigenvalue weighted by molar-refractivity contribution is -0.156. The van der Waals surface area contributed by atoms with Crippen LogP contribution in [0.4, 0.5) is 0 Å². The van der Waals surface area contributed by atoms with Gasteiger partial charge in [0.15, 0.2) is 0 Å². The Kier molecular flexibility index (Phi) is 9.13. The molecule has 0 spiro atoms. The number of nitrogens with zero attached hydrogens (tertiary/aromatic N) is 1. The van der Waals surface area contributed by atoms with E-state index in [-0.39, 0.29) is 31.7 Å². The topological polar surface area (TPSA) is 117 Å². The number of esters is 1. The first-order valence-electron chi connectivity index (χ1n) is 14.2. The first-order chi connectivity index (χ1) is 20.8. The maximum Gasteiger partial charge on any atom is 0.330 e. The van der Waals surface area contributed by atoms with Crippen LogP contribution in [-0.4, -0.2) is 40.1 Å². The average molecular weight is 583 g/mol. The van der Waals surface area contributed by atoms with Gasteiger partial charge in [0, 0.05) is 24.6 Å². The van der Waals surface area contributed by atoms with Crippen LogP contribution in [-0.2, 0) is 29.4 Å². The molecular formula is C34H34N2O7. The van der Waals surface area contributed by atoms with Crippen LogP contribution in [0.5, 0.6) is 0 Å². The highest BCUT2D eigenvalue weighted by atomic mass is 16.6. The first kappa shape index (κ1) is 29.9. The third-order valence-corrected chi connectivity index (χ3v) is 7.61. The van der Waals surface area contributed by atoms with Gasteiger partial charge in [0.05, 0.1) is 13.0 Å². The van der Waals surface area contributed by atoms with Gasteiger partial charge in [-0.1, -0.05) is 91.0 Å². The Hall–Kier alpha value is -4.60. The minimum atomic E-state index is -1.04. The number of ketones is 1. The standard InChI is InChI=1S/C34H34N2O7/c1-23-21-36(33(40)35-32(23)39)30-20-28(43-31(38)19-18-24(2)37)29(42-30)22-41-34(25-12-6-3-7-13-25,26-14-8-4-9-15-26)27-16-10-5-11-17-27/h3-17,21,28-30H,18-20,22H2,1-2H3,(H,35,39,40)/t28-,29+,30+/m1/s1. The summed E-state index contributed by atoms with van der Waals surface area (Å²) in [6, 6.07) is 29.5. The molecular weight excluding hydrogens is 548 g/mol. The Bertz CT molecular complexity index is 1570. The molecule has 5 rings (SSSR count). The highest BCUT2D eigenvalue weighted by molar-refractivity contribution is 5.81. The molecule has 4 aromatic rings. The molecule has 2 heterocycles. The van der Waals surface area contributed by atoms with Gasteiger partial charge in [-0.15, -0.1) is 0 Å². The highest BCUT2D eigenvalue weighted by Crippen LogP contribution is 2.42. The number of H-pyrrole nitrogens is 1. The Morgan fingerprint density at radius 1 is 0.884 bits per heavy atom. The van der Waals surface area contributed by atoms with Gasteiger partial charge < -0.3 is 19.0 Å². The number of aryl methyl sites for hydroxylation is 1. The molecule has 9 nitrogen and oxygen atoms in total. The number of benzene rings is 3. The summed E-state index contributed by atoms with van der Waals surface area (Å²) >= 11 is 0. The van der Waals surface area contributed by atoms with Crippen LogP contribution >= 0.6 is 0 Å². The summed E-state index contributed by atoms with van der Waals surface area (Å²) in [5, 5.41) is 0. The third-order valence-electron chi connectivity index (χ3n) is 7.61. The van der Waals surface area contributed by atoms with E-state index in [4.69, 9.17) is 14.2 Å². The van der Waals surface area contributed by atoms with E-state index in [0.717, 1.165) is 16.7 Å². The Morgan fingerprint density at radius 2 is 1.42 bits per heavy atom. The van der Waals surface area contributed by atoms with E-state index in [0.29, 0.717) is 5.56 Å². The monoisotopic (exact) mass is 582 g/mol. The third kappa shape index (κ3) is 6.58. The number of Topliss-reactive ketones (excluding diaryl/α,β-unsaturated/α-hetero) is 1. The van der Waals surface area contributed by atoms with Gasteiger partial charge in [-0.05, 0) is 30.5 Å². The Labute approximate surface area is 249 Å². The minimum Gasteiger partial charge on any atom is -0.459 e. The molecule has 1 aliphatic rings. The van der Waals surface area contributed by atoms with E-state index in [1.165, 1.54) is 17.7 Å². The van der Waals surface area contributed by atoms with Crippen molar-refractivity contribution >= 4 is 11.8 Å². The predicted molar refractivity (Wildman–Crippen MR) is 160 cm³/mol. The van der Waals surface area contributed by atoms with Crippen molar-refractivity contribution in [2.75, 3.05) is 6.61 Å². The Morgan fingerprint density at radius 3 is 1.93 bits per heavy atom. The normalized spacial score (nSPS) is 18.3. The van der Waals surface area contributed by atoms with Gasteiger partial charge in [-0.3, -0.25) is 19.1 Å². The fraction of sp³-hybridized carbons (Fsp3) is 0.294. The molecule has 1 N–H and O–H groups in total. The molecule has 0 amide bonds. The van der Waals surface area contributed by atoms with Crippen molar-refractivity contribution in [1.29, 1.82) is 0 Å². The largest absolute Gasteiger partial charge is 0.459 e. The van der Waals surface area contributed by atoms with Crippen molar-refractivity contribution in [3.8, 4) is 0 Å². The lowest BCUT2D eigenvalue weighted by Crippen LogP contribution is -2.39. The van der Waals surface area contributed by atoms with Crippen molar-refractivity contribution in [1.82, 2.24) is 9.55 Å². The summed E-state index contributed by atoms with van der Waals surface area (Å²) in [6.45, 7) is 3.01. The zero-order valence-corrected chi connectivity index (χ0v) is 24.1. The molecule has 0 unspecified atom stereocenters. The molecule has 0 saturated carbocycles. The predicted octanol–water partition coefficient (Wildman–Crippen LogP) is 4.42. The summed E-state index contributed by atoms with van der Waals surface area (Å²) in [5.74, 6) is -0.661. The Balaban J connectivity index is 1.52. The van der Waals surface area contributed by atoms with Gasteiger partial charge in [-0.25, -0.2) is 4.79 Å². The van der Waals surface area contributed by atoms with Gasteiger partial charge >= 0.3 is 11.7 Å². The van der Waals surface area contributed by atoms with Crippen molar-refractivity contribution < 1.29 is 23.8 Å². The number of aromatic nitrogens is 2. The molecule has 1 fully saturated rings. The van der Waals surface area contributed by atoms with Crippen molar-refractivity contribution in [2.24, 2.45) is 0 Å². The smallest absolute Gasteiger partial charge is 0.330 e. The number of carbonyl (C=O) groups is 2. The number of rotatable bonds is 11. The summed E-state index contributed by atoms with van der Waals surface area (Å²) in [5.41, 5.74) is 0.869. The quantitative estimate of drug-likeness (QED) is 0.206.